The second-order valence-electron chi connectivity index (χ2n) is 6.91. The molecule has 0 heterocycles. The molecule has 31 heavy (non-hydrogen) atoms. The monoisotopic (exact) mass is 478 g/mol. The molecule has 0 bridgehead atoms. The fourth-order valence-corrected chi connectivity index (χ4v) is 4.76. The van der Waals surface area contributed by atoms with Crippen molar-refractivity contribution in [1.29, 1.82) is 0 Å². The van der Waals surface area contributed by atoms with Gasteiger partial charge in [0.1, 0.15) is 5.75 Å². The third kappa shape index (κ3) is 5.91. The zero-order chi connectivity index (χ0) is 22.6. The van der Waals surface area contributed by atoms with Gasteiger partial charge in [-0.05, 0) is 60.5 Å². The number of halogens is 2. The molecule has 0 saturated carbocycles. The summed E-state index contributed by atoms with van der Waals surface area (Å²) >= 11 is 12.2. The number of anilines is 1. The van der Waals surface area contributed by atoms with Gasteiger partial charge in [0.25, 0.3) is 0 Å². The van der Waals surface area contributed by atoms with Gasteiger partial charge in [0.05, 0.1) is 26.7 Å². The molecular formula is C22H20Cl2N2O4S. The van der Waals surface area contributed by atoms with Crippen molar-refractivity contribution in [2.24, 2.45) is 0 Å². The maximum absolute atomic E-state index is 12.6. The predicted octanol–water partition coefficient (Wildman–Crippen LogP) is 5.56. The van der Waals surface area contributed by atoms with Crippen molar-refractivity contribution in [2.75, 3.05) is 5.32 Å². The second-order valence-corrected chi connectivity index (χ2v) is 9.69. The normalized spacial score (nSPS) is 12.2. The average molecular weight is 479 g/mol. The molecule has 6 nitrogen and oxygen atoms in total. The lowest BCUT2D eigenvalue weighted by Crippen LogP contribution is -2.31. The number of amides is 2. The summed E-state index contributed by atoms with van der Waals surface area (Å²) in [6.07, 6.45) is 0. The minimum absolute atomic E-state index is 0.0711. The first kappa shape index (κ1) is 22.9. The van der Waals surface area contributed by atoms with Crippen molar-refractivity contribution in [2.45, 2.75) is 23.6 Å². The quantitative estimate of drug-likeness (QED) is 0.432. The van der Waals surface area contributed by atoms with Crippen LogP contribution in [0.1, 0.15) is 24.1 Å². The zero-order valence-electron chi connectivity index (χ0n) is 16.5. The van der Waals surface area contributed by atoms with Crippen LogP contribution in [0.4, 0.5) is 10.5 Å². The van der Waals surface area contributed by atoms with Gasteiger partial charge in [0.2, 0.25) is 0 Å². The highest BCUT2D eigenvalue weighted by Crippen LogP contribution is 2.29. The number of sulfone groups is 1. The van der Waals surface area contributed by atoms with Gasteiger partial charge in [-0.2, -0.15) is 0 Å². The molecule has 2 amide bonds. The van der Waals surface area contributed by atoms with Crippen molar-refractivity contribution < 1.29 is 18.3 Å². The number of phenols is 1. The van der Waals surface area contributed by atoms with Gasteiger partial charge >= 0.3 is 6.03 Å². The molecule has 0 unspecified atom stereocenters. The van der Waals surface area contributed by atoms with Crippen LogP contribution in [0, 0.1) is 0 Å². The van der Waals surface area contributed by atoms with E-state index in [0.717, 1.165) is 0 Å². The number of phenolic OH excluding ortho intramolecular Hbond substituents is 1. The molecule has 0 saturated heterocycles. The highest BCUT2D eigenvalue weighted by molar-refractivity contribution is 7.90. The van der Waals surface area contributed by atoms with E-state index in [4.69, 9.17) is 23.2 Å². The minimum atomic E-state index is -3.57. The van der Waals surface area contributed by atoms with Crippen LogP contribution in [-0.2, 0) is 15.6 Å². The molecule has 0 aliphatic rings. The Hall–Kier alpha value is -2.74. The minimum Gasteiger partial charge on any atom is -0.508 e. The van der Waals surface area contributed by atoms with Gasteiger partial charge in [-0.25, -0.2) is 13.2 Å². The highest BCUT2D eigenvalue weighted by atomic mass is 35.5. The van der Waals surface area contributed by atoms with Crippen molar-refractivity contribution >= 4 is 44.8 Å². The summed E-state index contributed by atoms with van der Waals surface area (Å²) in [5.74, 6) is -0.125. The van der Waals surface area contributed by atoms with Crippen LogP contribution in [0.5, 0.6) is 5.75 Å². The van der Waals surface area contributed by atoms with Crippen LogP contribution < -0.4 is 10.6 Å². The SMILES string of the molecule is C[C@H](NC(=O)Nc1ccc(S(=O)(=O)Cc2ccc(O)cc2)cc1)c1cccc(Cl)c1Cl. The first-order valence-electron chi connectivity index (χ1n) is 9.28. The second kappa shape index (κ2) is 9.60. The Morgan fingerprint density at radius 3 is 2.29 bits per heavy atom. The van der Waals surface area contributed by atoms with Crippen LogP contribution in [-0.4, -0.2) is 19.6 Å². The van der Waals surface area contributed by atoms with E-state index in [0.29, 0.717) is 26.9 Å². The van der Waals surface area contributed by atoms with Crippen LogP contribution >= 0.6 is 23.2 Å². The molecule has 3 aromatic carbocycles. The van der Waals surface area contributed by atoms with Crippen LogP contribution in [0.2, 0.25) is 10.0 Å². The molecule has 0 radical (unpaired) electrons. The van der Waals surface area contributed by atoms with E-state index in [1.165, 1.54) is 36.4 Å². The van der Waals surface area contributed by atoms with Gasteiger partial charge in [-0.3, -0.25) is 0 Å². The lowest BCUT2D eigenvalue weighted by Gasteiger charge is -2.17. The summed E-state index contributed by atoms with van der Waals surface area (Å²) in [4.78, 5) is 12.4. The lowest BCUT2D eigenvalue weighted by atomic mass is 10.1. The molecule has 0 spiro atoms. The lowest BCUT2D eigenvalue weighted by molar-refractivity contribution is 0.249. The fraction of sp³-hybridized carbons (Fsp3) is 0.136. The van der Waals surface area contributed by atoms with Crippen LogP contribution in [0.15, 0.2) is 71.6 Å². The highest BCUT2D eigenvalue weighted by Gasteiger charge is 2.17. The van der Waals surface area contributed by atoms with Crippen molar-refractivity contribution in [3.63, 3.8) is 0 Å². The summed E-state index contributed by atoms with van der Waals surface area (Å²) in [5, 5.41) is 15.5. The summed E-state index contributed by atoms with van der Waals surface area (Å²) in [5.41, 5.74) is 1.68. The summed E-state index contributed by atoms with van der Waals surface area (Å²) in [7, 11) is -3.57. The molecule has 3 N–H and O–H groups in total. The Morgan fingerprint density at radius 2 is 1.65 bits per heavy atom. The topological polar surface area (TPSA) is 95.5 Å². The zero-order valence-corrected chi connectivity index (χ0v) is 18.8. The van der Waals surface area contributed by atoms with Gasteiger partial charge in [0, 0.05) is 5.69 Å². The Bertz CT molecular complexity index is 1180. The Balaban J connectivity index is 1.63. The molecule has 1 atom stereocenters. The molecule has 0 aliphatic heterocycles. The standard InChI is InChI=1S/C22H20Cl2N2O4S/c1-14(19-3-2-4-20(23)21(19)24)25-22(28)26-16-7-11-18(12-8-16)31(29,30)13-15-5-9-17(27)10-6-15/h2-12,14,27H,13H2,1H3,(H2,25,26,28)/t14-/m0/s1. The summed E-state index contributed by atoms with van der Waals surface area (Å²) in [6.45, 7) is 1.77. The number of carbonyl (C=O) groups is 1. The molecule has 3 aromatic rings. The smallest absolute Gasteiger partial charge is 0.319 e. The third-order valence-corrected chi connectivity index (χ3v) is 7.10. The maximum Gasteiger partial charge on any atom is 0.319 e. The molecule has 0 aromatic heterocycles. The Morgan fingerprint density at radius 1 is 1.00 bits per heavy atom. The number of nitrogens with one attached hydrogen (secondary N) is 2. The van der Waals surface area contributed by atoms with E-state index in [9.17, 15) is 18.3 Å². The largest absolute Gasteiger partial charge is 0.508 e. The predicted molar refractivity (Wildman–Crippen MR) is 122 cm³/mol. The number of benzene rings is 3. The van der Waals surface area contributed by atoms with Crippen molar-refractivity contribution in [1.82, 2.24) is 5.32 Å². The van der Waals surface area contributed by atoms with E-state index in [1.54, 1.807) is 37.3 Å². The number of carbonyl (C=O) groups excluding carboxylic acids is 1. The summed E-state index contributed by atoms with van der Waals surface area (Å²) < 4.78 is 25.2. The molecule has 0 fully saturated rings. The number of hydrogen-bond donors (Lipinski definition) is 3. The Kier molecular flexibility index (Phi) is 7.10. The summed E-state index contributed by atoms with van der Waals surface area (Å²) in [6, 6.07) is 16.2. The Labute approximate surface area is 190 Å². The van der Waals surface area contributed by atoms with E-state index in [1.807, 2.05) is 0 Å². The molecule has 3 rings (SSSR count). The van der Waals surface area contributed by atoms with E-state index in [2.05, 4.69) is 10.6 Å². The fourth-order valence-electron chi connectivity index (χ4n) is 2.94. The first-order chi connectivity index (χ1) is 14.7. The average Bonchev–Trinajstić information content (AvgIpc) is 2.72. The van der Waals surface area contributed by atoms with Gasteiger partial charge < -0.3 is 15.7 Å². The van der Waals surface area contributed by atoms with E-state index in [-0.39, 0.29) is 16.4 Å². The molecule has 0 aliphatic carbocycles. The first-order valence-corrected chi connectivity index (χ1v) is 11.7. The third-order valence-electron chi connectivity index (χ3n) is 4.56. The molecule has 162 valence electrons. The van der Waals surface area contributed by atoms with Gasteiger partial charge in [0.15, 0.2) is 9.84 Å². The van der Waals surface area contributed by atoms with E-state index < -0.39 is 21.9 Å². The van der Waals surface area contributed by atoms with Gasteiger partial charge in [-0.15, -0.1) is 0 Å². The molecular weight excluding hydrogens is 459 g/mol. The van der Waals surface area contributed by atoms with Crippen molar-refractivity contribution in [3.05, 3.63) is 87.9 Å². The number of urea groups is 1. The number of aromatic hydroxyl groups is 1. The van der Waals surface area contributed by atoms with E-state index >= 15 is 0 Å². The number of rotatable bonds is 6. The maximum atomic E-state index is 12.6. The number of hydrogen-bond acceptors (Lipinski definition) is 4. The van der Waals surface area contributed by atoms with Gasteiger partial charge in [-0.1, -0.05) is 47.5 Å². The van der Waals surface area contributed by atoms with Crippen molar-refractivity contribution in [3.8, 4) is 5.75 Å². The van der Waals surface area contributed by atoms with Crippen LogP contribution in [0.25, 0.3) is 0 Å². The van der Waals surface area contributed by atoms with Crippen LogP contribution in [0.3, 0.4) is 0 Å². The molecule has 9 heteroatoms.